The second kappa shape index (κ2) is 7.78. The molecule has 0 unspecified atom stereocenters. The van der Waals surface area contributed by atoms with Gasteiger partial charge in [-0.3, -0.25) is 14.3 Å². The molecule has 0 aliphatic carbocycles. The lowest BCUT2D eigenvalue weighted by atomic mass is 10.2. The van der Waals surface area contributed by atoms with Crippen LogP contribution in [-0.4, -0.2) is 21.5 Å². The molecule has 4 aromatic rings. The summed E-state index contributed by atoms with van der Waals surface area (Å²) < 4.78 is 20.5. The molecule has 0 aliphatic rings. The van der Waals surface area contributed by atoms with Gasteiger partial charge in [-0.2, -0.15) is 0 Å². The Morgan fingerprint density at radius 2 is 1.93 bits per heavy atom. The predicted molar refractivity (Wildman–Crippen MR) is 105 cm³/mol. The first-order valence-electron chi connectivity index (χ1n) is 9.04. The number of para-hydroxylation sites is 1. The molecule has 2 aromatic carbocycles. The summed E-state index contributed by atoms with van der Waals surface area (Å²) in [5, 5.41) is 0.575. The smallest absolute Gasteiger partial charge is 0.261 e. The second-order valence-electron chi connectivity index (χ2n) is 6.82. The van der Waals surface area contributed by atoms with Gasteiger partial charge < -0.3 is 4.42 Å². The number of rotatable bonds is 6. The lowest BCUT2D eigenvalue weighted by Gasteiger charge is -2.19. The molecular formula is C22H20FN3O2. The molecule has 2 aromatic heterocycles. The Kier molecular flexibility index (Phi) is 5.04. The summed E-state index contributed by atoms with van der Waals surface area (Å²) in [6, 6.07) is 17.5. The molecule has 4 rings (SSSR count). The number of benzene rings is 2. The van der Waals surface area contributed by atoms with Crippen molar-refractivity contribution in [2.24, 2.45) is 0 Å². The van der Waals surface area contributed by atoms with E-state index in [1.807, 2.05) is 42.3 Å². The van der Waals surface area contributed by atoms with Crippen molar-refractivity contribution in [1.82, 2.24) is 14.5 Å². The molecule has 0 atom stereocenters. The first-order chi connectivity index (χ1) is 13.6. The second-order valence-corrected chi connectivity index (χ2v) is 6.82. The molecule has 0 spiro atoms. The van der Waals surface area contributed by atoms with Crippen molar-refractivity contribution in [3.63, 3.8) is 0 Å². The molecule has 0 saturated heterocycles. The van der Waals surface area contributed by atoms with Gasteiger partial charge in [0, 0.05) is 6.54 Å². The molecule has 0 saturated carbocycles. The Morgan fingerprint density at radius 3 is 2.71 bits per heavy atom. The van der Waals surface area contributed by atoms with E-state index in [0.717, 1.165) is 5.56 Å². The minimum Gasteiger partial charge on any atom is -0.467 e. The van der Waals surface area contributed by atoms with Gasteiger partial charge in [0.1, 0.15) is 17.4 Å². The predicted octanol–water partition coefficient (Wildman–Crippen LogP) is 3.81. The first-order valence-corrected chi connectivity index (χ1v) is 9.04. The van der Waals surface area contributed by atoms with Crippen LogP contribution >= 0.6 is 0 Å². The average molecular weight is 377 g/mol. The molecule has 0 bridgehead atoms. The van der Waals surface area contributed by atoms with Crippen molar-refractivity contribution < 1.29 is 8.81 Å². The third-order valence-corrected chi connectivity index (χ3v) is 4.59. The standard InChI is InChI=1S/C22H20FN3O2/c1-25(13-16-6-4-7-17(23)12-16)15-21-24-20-10-3-2-9-19(20)22(27)26(21)14-18-8-5-11-28-18/h2-12H,13-15H2,1H3. The van der Waals surface area contributed by atoms with E-state index in [9.17, 15) is 9.18 Å². The van der Waals surface area contributed by atoms with Crippen molar-refractivity contribution in [2.75, 3.05) is 7.05 Å². The van der Waals surface area contributed by atoms with Gasteiger partial charge in [0.25, 0.3) is 5.56 Å². The van der Waals surface area contributed by atoms with Crippen LogP contribution in [0.1, 0.15) is 17.1 Å². The minimum absolute atomic E-state index is 0.101. The number of aromatic nitrogens is 2. The summed E-state index contributed by atoms with van der Waals surface area (Å²) in [6.45, 7) is 1.30. The van der Waals surface area contributed by atoms with Crippen LogP contribution in [0.4, 0.5) is 4.39 Å². The number of furan rings is 1. The van der Waals surface area contributed by atoms with Crippen molar-refractivity contribution in [1.29, 1.82) is 0 Å². The number of hydrogen-bond acceptors (Lipinski definition) is 4. The van der Waals surface area contributed by atoms with Crippen LogP contribution in [0, 0.1) is 5.82 Å². The average Bonchev–Trinajstić information content (AvgIpc) is 3.18. The normalized spacial score (nSPS) is 11.4. The summed E-state index contributed by atoms with van der Waals surface area (Å²) in [6.07, 6.45) is 1.59. The van der Waals surface area contributed by atoms with Crippen LogP contribution in [0.3, 0.4) is 0 Å². The van der Waals surface area contributed by atoms with Crippen LogP contribution in [0.5, 0.6) is 0 Å². The molecule has 0 fully saturated rings. The molecule has 0 aliphatic heterocycles. The van der Waals surface area contributed by atoms with Crippen LogP contribution in [0.15, 0.2) is 76.1 Å². The van der Waals surface area contributed by atoms with Gasteiger partial charge in [-0.1, -0.05) is 24.3 Å². The SMILES string of the molecule is CN(Cc1cccc(F)c1)Cc1nc2ccccc2c(=O)n1Cc1ccco1. The fourth-order valence-corrected chi connectivity index (χ4v) is 3.30. The van der Waals surface area contributed by atoms with E-state index in [1.165, 1.54) is 12.1 Å². The highest BCUT2D eigenvalue weighted by molar-refractivity contribution is 5.77. The van der Waals surface area contributed by atoms with E-state index >= 15 is 0 Å². The maximum absolute atomic E-state index is 13.5. The Labute approximate surface area is 161 Å². The van der Waals surface area contributed by atoms with Crippen molar-refractivity contribution in [3.8, 4) is 0 Å². The molecule has 28 heavy (non-hydrogen) atoms. The van der Waals surface area contributed by atoms with Crippen LogP contribution in [-0.2, 0) is 19.6 Å². The molecule has 0 N–H and O–H groups in total. The summed E-state index contributed by atoms with van der Waals surface area (Å²) in [5.74, 6) is 1.07. The fraction of sp³-hybridized carbons (Fsp3) is 0.182. The van der Waals surface area contributed by atoms with Crippen LogP contribution < -0.4 is 5.56 Å². The molecule has 0 radical (unpaired) electrons. The van der Waals surface area contributed by atoms with Gasteiger partial charge in [-0.15, -0.1) is 0 Å². The third-order valence-electron chi connectivity index (χ3n) is 4.59. The van der Waals surface area contributed by atoms with Gasteiger partial charge in [-0.25, -0.2) is 9.37 Å². The zero-order valence-electron chi connectivity index (χ0n) is 15.5. The lowest BCUT2D eigenvalue weighted by Crippen LogP contribution is -2.29. The van der Waals surface area contributed by atoms with E-state index in [-0.39, 0.29) is 11.4 Å². The summed E-state index contributed by atoms with van der Waals surface area (Å²) >= 11 is 0. The fourth-order valence-electron chi connectivity index (χ4n) is 3.30. The van der Waals surface area contributed by atoms with E-state index in [0.29, 0.717) is 42.1 Å². The van der Waals surface area contributed by atoms with Crippen LogP contribution in [0.2, 0.25) is 0 Å². The summed E-state index contributed by atoms with van der Waals surface area (Å²) in [4.78, 5) is 19.8. The van der Waals surface area contributed by atoms with Gasteiger partial charge in [0.05, 0.1) is 30.3 Å². The van der Waals surface area contributed by atoms with E-state index in [4.69, 9.17) is 9.40 Å². The highest BCUT2D eigenvalue weighted by Crippen LogP contribution is 2.13. The van der Waals surface area contributed by atoms with Crippen molar-refractivity contribution in [3.05, 3.63) is 100 Å². The monoisotopic (exact) mass is 377 g/mol. The Morgan fingerprint density at radius 1 is 1.07 bits per heavy atom. The number of nitrogens with zero attached hydrogens (tertiary/aromatic N) is 3. The molecule has 2 heterocycles. The number of hydrogen-bond donors (Lipinski definition) is 0. The lowest BCUT2D eigenvalue weighted by molar-refractivity contribution is 0.302. The zero-order chi connectivity index (χ0) is 19.5. The molecule has 6 heteroatoms. The number of fused-ring (bicyclic) bond motifs is 1. The molecular weight excluding hydrogens is 357 g/mol. The van der Waals surface area contributed by atoms with Gasteiger partial charge in [0.15, 0.2) is 0 Å². The Balaban J connectivity index is 1.69. The van der Waals surface area contributed by atoms with Crippen LogP contribution in [0.25, 0.3) is 10.9 Å². The topological polar surface area (TPSA) is 51.3 Å². The van der Waals surface area contributed by atoms with E-state index < -0.39 is 0 Å². The highest BCUT2D eigenvalue weighted by atomic mass is 19.1. The Hall–Kier alpha value is -3.25. The molecule has 5 nitrogen and oxygen atoms in total. The Bertz CT molecular complexity index is 1150. The van der Waals surface area contributed by atoms with E-state index in [1.54, 1.807) is 29.0 Å². The zero-order valence-corrected chi connectivity index (χ0v) is 15.5. The minimum atomic E-state index is -0.260. The largest absolute Gasteiger partial charge is 0.467 e. The molecule has 142 valence electrons. The van der Waals surface area contributed by atoms with Gasteiger partial charge in [0.2, 0.25) is 0 Å². The van der Waals surface area contributed by atoms with E-state index in [2.05, 4.69) is 0 Å². The van der Waals surface area contributed by atoms with Crippen molar-refractivity contribution >= 4 is 10.9 Å². The van der Waals surface area contributed by atoms with Crippen molar-refractivity contribution in [2.45, 2.75) is 19.6 Å². The highest BCUT2D eigenvalue weighted by Gasteiger charge is 2.14. The van der Waals surface area contributed by atoms with Gasteiger partial charge in [-0.05, 0) is 49.0 Å². The summed E-state index contributed by atoms with van der Waals surface area (Å²) in [5.41, 5.74) is 1.43. The quantitative estimate of drug-likeness (QED) is 0.513. The summed E-state index contributed by atoms with van der Waals surface area (Å²) in [7, 11) is 1.92. The number of halogens is 1. The maximum atomic E-state index is 13.5. The third kappa shape index (κ3) is 3.87. The first kappa shape index (κ1) is 18.1. The van der Waals surface area contributed by atoms with Gasteiger partial charge >= 0.3 is 0 Å². The maximum Gasteiger partial charge on any atom is 0.261 e. The molecule has 0 amide bonds.